The van der Waals surface area contributed by atoms with Crippen molar-refractivity contribution < 1.29 is 14.7 Å². The molecule has 0 amide bonds. The van der Waals surface area contributed by atoms with E-state index in [1.807, 2.05) is 13.8 Å². The summed E-state index contributed by atoms with van der Waals surface area (Å²) in [6, 6.07) is 0.970. The summed E-state index contributed by atoms with van der Waals surface area (Å²) in [6.45, 7) is 3.83. The van der Waals surface area contributed by atoms with E-state index in [9.17, 15) is 14.4 Å². The largest absolute Gasteiger partial charge is 0.478 e. The molecule has 5 nitrogen and oxygen atoms in total. The third-order valence-corrected chi connectivity index (χ3v) is 2.92. The van der Waals surface area contributed by atoms with Crippen LogP contribution < -0.4 is 5.56 Å². The van der Waals surface area contributed by atoms with Gasteiger partial charge in [0.05, 0.1) is 11.1 Å². The first kappa shape index (κ1) is 11.6. The third-order valence-electron chi connectivity index (χ3n) is 2.92. The van der Waals surface area contributed by atoms with E-state index in [4.69, 9.17) is 5.11 Å². The number of carboxylic acid groups (broad SMARTS) is 1. The van der Waals surface area contributed by atoms with Crippen molar-refractivity contribution in [1.29, 1.82) is 0 Å². The Kier molecular flexibility index (Phi) is 2.41. The van der Waals surface area contributed by atoms with E-state index in [2.05, 4.69) is 4.98 Å². The summed E-state index contributed by atoms with van der Waals surface area (Å²) in [5.41, 5.74) is -0.312. The molecule has 0 atom stereocenters. The minimum absolute atomic E-state index is 0.163. The van der Waals surface area contributed by atoms with E-state index in [0.29, 0.717) is 18.5 Å². The zero-order chi connectivity index (χ0) is 12.8. The molecule has 0 unspecified atom stereocenters. The standard InChI is InChI=1S/C12H13NO4/c1-12(2)4-7-10(8(14)5-12)6(11(16)17)3-9(15)13-7/h3H,4-5H2,1-2H3,(H,13,15)(H,16,17). The van der Waals surface area contributed by atoms with Crippen LogP contribution in [-0.2, 0) is 6.42 Å². The number of aromatic amines is 1. The van der Waals surface area contributed by atoms with Crippen molar-refractivity contribution in [2.75, 3.05) is 0 Å². The van der Waals surface area contributed by atoms with Gasteiger partial charge < -0.3 is 10.1 Å². The summed E-state index contributed by atoms with van der Waals surface area (Å²) in [5, 5.41) is 9.01. The van der Waals surface area contributed by atoms with Crippen molar-refractivity contribution >= 4 is 11.8 Å². The number of H-pyrrole nitrogens is 1. The summed E-state index contributed by atoms with van der Waals surface area (Å²) in [4.78, 5) is 36.9. The highest BCUT2D eigenvalue weighted by atomic mass is 16.4. The Hall–Kier alpha value is -1.91. The number of Topliss-reactive ketones (excluding diaryl/α,β-unsaturated/α-hetero) is 1. The second-order valence-electron chi connectivity index (χ2n) is 5.15. The van der Waals surface area contributed by atoms with Gasteiger partial charge in [-0.2, -0.15) is 0 Å². The van der Waals surface area contributed by atoms with Crippen LogP contribution in [0.5, 0.6) is 0 Å². The van der Waals surface area contributed by atoms with Gasteiger partial charge in [-0.1, -0.05) is 13.8 Å². The van der Waals surface area contributed by atoms with Gasteiger partial charge >= 0.3 is 5.97 Å². The summed E-state index contributed by atoms with van der Waals surface area (Å²) in [5.74, 6) is -1.45. The lowest BCUT2D eigenvalue weighted by Gasteiger charge is -2.30. The second-order valence-corrected chi connectivity index (χ2v) is 5.15. The Labute approximate surface area is 97.5 Å². The molecule has 2 rings (SSSR count). The number of carbonyl (C=O) groups excluding carboxylic acids is 1. The minimum Gasteiger partial charge on any atom is -0.478 e. The number of ketones is 1. The molecule has 1 heterocycles. The lowest BCUT2D eigenvalue weighted by atomic mass is 9.74. The van der Waals surface area contributed by atoms with E-state index in [1.165, 1.54) is 0 Å². The number of carbonyl (C=O) groups is 2. The van der Waals surface area contributed by atoms with Crippen LogP contribution >= 0.6 is 0 Å². The van der Waals surface area contributed by atoms with E-state index in [0.717, 1.165) is 6.07 Å². The average molecular weight is 235 g/mol. The van der Waals surface area contributed by atoms with Gasteiger partial charge in [-0.05, 0) is 11.8 Å². The van der Waals surface area contributed by atoms with Gasteiger partial charge in [0.25, 0.3) is 0 Å². The monoisotopic (exact) mass is 235 g/mol. The van der Waals surface area contributed by atoms with Gasteiger partial charge in [0.2, 0.25) is 5.56 Å². The molecule has 1 aromatic heterocycles. The number of hydrogen-bond acceptors (Lipinski definition) is 3. The van der Waals surface area contributed by atoms with Crippen molar-refractivity contribution in [1.82, 2.24) is 4.98 Å². The molecule has 0 bridgehead atoms. The number of aromatic nitrogens is 1. The molecular weight excluding hydrogens is 222 g/mol. The Morgan fingerprint density at radius 2 is 2.00 bits per heavy atom. The van der Waals surface area contributed by atoms with E-state index in [-0.39, 0.29) is 22.3 Å². The Morgan fingerprint density at radius 1 is 1.35 bits per heavy atom. The first-order chi connectivity index (χ1) is 7.80. The number of pyridine rings is 1. The number of rotatable bonds is 1. The van der Waals surface area contributed by atoms with Crippen LogP contribution in [0, 0.1) is 5.41 Å². The van der Waals surface area contributed by atoms with Gasteiger partial charge in [-0.3, -0.25) is 9.59 Å². The lowest BCUT2D eigenvalue weighted by molar-refractivity contribution is 0.0687. The molecule has 2 N–H and O–H groups in total. The molecule has 0 fully saturated rings. The first-order valence-electron chi connectivity index (χ1n) is 5.33. The van der Waals surface area contributed by atoms with Gasteiger partial charge in [0.1, 0.15) is 0 Å². The van der Waals surface area contributed by atoms with Crippen LogP contribution in [0.1, 0.15) is 46.7 Å². The van der Waals surface area contributed by atoms with Gasteiger partial charge in [0, 0.05) is 18.2 Å². The third kappa shape index (κ3) is 2.00. The zero-order valence-electron chi connectivity index (χ0n) is 9.66. The highest BCUT2D eigenvalue weighted by Gasteiger charge is 2.34. The Morgan fingerprint density at radius 3 is 2.59 bits per heavy atom. The highest BCUT2D eigenvalue weighted by molar-refractivity contribution is 6.07. The van der Waals surface area contributed by atoms with Gasteiger partial charge in [-0.25, -0.2) is 4.79 Å². The molecule has 1 aliphatic carbocycles. The minimum atomic E-state index is -1.24. The molecule has 90 valence electrons. The SMILES string of the molecule is CC1(C)CC(=O)c2c(C(=O)O)cc(=O)[nH]c2C1. The Bertz CT molecular complexity index is 568. The van der Waals surface area contributed by atoms with Crippen LogP contribution in [0.2, 0.25) is 0 Å². The fraction of sp³-hybridized carbons (Fsp3) is 0.417. The number of aromatic carboxylic acids is 1. The first-order valence-corrected chi connectivity index (χ1v) is 5.33. The second kappa shape index (κ2) is 3.55. The molecule has 1 aromatic rings. The van der Waals surface area contributed by atoms with Crippen molar-refractivity contribution in [2.24, 2.45) is 5.41 Å². The number of hydrogen-bond donors (Lipinski definition) is 2. The maximum atomic E-state index is 12.0. The normalized spacial score (nSPS) is 17.6. The van der Waals surface area contributed by atoms with E-state index < -0.39 is 11.5 Å². The predicted octanol–water partition coefficient (Wildman–Crippen LogP) is 1.23. The fourth-order valence-electron chi connectivity index (χ4n) is 2.30. The van der Waals surface area contributed by atoms with Crippen LogP contribution in [0.4, 0.5) is 0 Å². The molecule has 0 aromatic carbocycles. The van der Waals surface area contributed by atoms with E-state index >= 15 is 0 Å². The fourth-order valence-corrected chi connectivity index (χ4v) is 2.30. The number of carboxylic acids is 1. The van der Waals surface area contributed by atoms with Gasteiger partial charge in [-0.15, -0.1) is 0 Å². The summed E-state index contributed by atoms with van der Waals surface area (Å²) < 4.78 is 0. The predicted molar refractivity (Wildman–Crippen MR) is 60.5 cm³/mol. The molecule has 0 saturated carbocycles. The topological polar surface area (TPSA) is 87.2 Å². The van der Waals surface area contributed by atoms with Crippen molar-refractivity contribution in [3.05, 3.63) is 33.2 Å². The average Bonchev–Trinajstić information content (AvgIpc) is 2.12. The highest BCUT2D eigenvalue weighted by Crippen LogP contribution is 2.34. The van der Waals surface area contributed by atoms with Gasteiger partial charge in [0.15, 0.2) is 5.78 Å². The molecular formula is C12H13NO4. The molecule has 0 radical (unpaired) electrons. The summed E-state index contributed by atoms with van der Waals surface area (Å²) in [7, 11) is 0. The summed E-state index contributed by atoms with van der Waals surface area (Å²) in [6.07, 6.45) is 0.802. The Balaban J connectivity index is 2.71. The number of nitrogens with one attached hydrogen (secondary N) is 1. The maximum Gasteiger partial charge on any atom is 0.336 e. The van der Waals surface area contributed by atoms with Crippen LogP contribution in [-0.4, -0.2) is 21.8 Å². The molecule has 0 aliphatic heterocycles. The van der Waals surface area contributed by atoms with Crippen LogP contribution in [0.25, 0.3) is 0 Å². The smallest absolute Gasteiger partial charge is 0.336 e. The summed E-state index contributed by atoms with van der Waals surface area (Å²) >= 11 is 0. The quantitative estimate of drug-likeness (QED) is 0.766. The van der Waals surface area contributed by atoms with Crippen LogP contribution in [0.3, 0.4) is 0 Å². The van der Waals surface area contributed by atoms with Crippen molar-refractivity contribution in [2.45, 2.75) is 26.7 Å². The molecule has 17 heavy (non-hydrogen) atoms. The molecule has 0 spiro atoms. The van der Waals surface area contributed by atoms with Crippen molar-refractivity contribution in [3.8, 4) is 0 Å². The zero-order valence-corrected chi connectivity index (χ0v) is 9.66. The van der Waals surface area contributed by atoms with Crippen LogP contribution in [0.15, 0.2) is 10.9 Å². The molecule has 1 aliphatic rings. The van der Waals surface area contributed by atoms with Crippen molar-refractivity contribution in [3.63, 3.8) is 0 Å². The van der Waals surface area contributed by atoms with E-state index in [1.54, 1.807) is 0 Å². The number of fused-ring (bicyclic) bond motifs is 1. The molecule has 0 saturated heterocycles. The molecule has 5 heteroatoms. The maximum absolute atomic E-state index is 12.0. The lowest BCUT2D eigenvalue weighted by Crippen LogP contribution is -2.32.